The summed E-state index contributed by atoms with van der Waals surface area (Å²) in [6, 6.07) is 0. The molecule has 3 aliphatic heterocycles. The number of halogens is 3. The topological polar surface area (TPSA) is 240 Å². The minimum atomic E-state index is -1.98. The molecule has 372 valence electrons. The first-order chi connectivity index (χ1) is 30.1. The van der Waals surface area contributed by atoms with Gasteiger partial charge in [0.25, 0.3) is 0 Å². The van der Waals surface area contributed by atoms with Crippen molar-refractivity contribution in [2.24, 2.45) is 33.5 Å². The Bertz CT molecular complexity index is 1730. The second-order valence-corrected chi connectivity index (χ2v) is 25.8. The van der Waals surface area contributed by atoms with Crippen LogP contribution in [-0.2, 0) is 85.8 Å². The fraction of sp³-hybridized carbons (Fsp3) is 0.750. The van der Waals surface area contributed by atoms with Crippen LogP contribution in [0, 0.1) is 33.5 Å². The number of hydrogen-bond acceptors (Lipinski definition) is 18. The molecule has 0 aromatic rings. The Hall–Kier alpha value is -3.47. The fourth-order valence-corrected chi connectivity index (χ4v) is 6.46. The molecule has 0 saturated carbocycles. The lowest BCUT2D eigenvalue weighted by molar-refractivity contribution is -0.183. The fourth-order valence-electron chi connectivity index (χ4n) is 6.12. The molecule has 0 N–H and O–H groups in total. The van der Waals surface area contributed by atoms with E-state index in [-0.39, 0.29) is 38.2 Å². The minimum absolute atomic E-state index is 0.0440. The van der Waals surface area contributed by atoms with E-state index in [1.54, 1.807) is 32.9 Å². The highest BCUT2D eigenvalue weighted by molar-refractivity contribution is 9.10. The summed E-state index contributed by atoms with van der Waals surface area (Å²) in [7, 11) is 0. The molecule has 0 radical (unpaired) electrons. The van der Waals surface area contributed by atoms with Crippen molar-refractivity contribution in [1.82, 2.24) is 4.90 Å². The maximum atomic E-state index is 13.9. The molecular formula is C44H62Br3NO18. The van der Waals surface area contributed by atoms with Crippen molar-refractivity contribution in [3.8, 4) is 0 Å². The van der Waals surface area contributed by atoms with Crippen molar-refractivity contribution in [1.29, 1.82) is 0 Å². The number of nitrogens with zero attached hydrogens (tertiary/aromatic N) is 1. The molecule has 2 fully saturated rings. The standard InChI is InChI=1S/C44H62Br3NO18/c1-38(2,3)31(51)60-19-43(11,20-61-32(52)39(4,5)45)36(56)64-23-42(10,24-65-37(57)44(12,21-62-33(53)40(6,7)46)22-63-34(54)41(8,9)47)35(55)59-18-17-58-16-15-48-29(49)27-25-13-14-26(66-25)28(27)30(48)50/h13-14,25-28H,15-24H2,1-12H3/t25?,26?,27-,28+,42?,43?. The number of likely N-dealkylation sites (tertiary alicyclic amines) is 1. The second-order valence-electron chi connectivity index (χ2n) is 19.9. The zero-order valence-electron chi connectivity index (χ0n) is 39.5. The van der Waals surface area contributed by atoms with Crippen LogP contribution in [0.25, 0.3) is 0 Å². The maximum Gasteiger partial charge on any atom is 0.322 e. The molecule has 0 aliphatic carbocycles. The van der Waals surface area contributed by atoms with Crippen molar-refractivity contribution >= 4 is 101 Å². The van der Waals surface area contributed by atoms with E-state index in [9.17, 15) is 43.2 Å². The van der Waals surface area contributed by atoms with Crippen LogP contribution in [0.5, 0.6) is 0 Å². The zero-order chi connectivity index (χ0) is 50.4. The van der Waals surface area contributed by atoms with Gasteiger partial charge in [-0.2, -0.15) is 0 Å². The van der Waals surface area contributed by atoms with Gasteiger partial charge in [0.05, 0.1) is 49.2 Å². The number of hydrogen-bond donors (Lipinski definition) is 0. The average molecular weight is 1130 g/mol. The van der Waals surface area contributed by atoms with Crippen LogP contribution >= 0.6 is 47.8 Å². The third-order valence-electron chi connectivity index (χ3n) is 10.6. The summed E-state index contributed by atoms with van der Waals surface area (Å²) in [5, 5.41) is 0. The van der Waals surface area contributed by atoms with Gasteiger partial charge in [-0.05, 0) is 83.1 Å². The molecule has 22 heteroatoms. The minimum Gasteiger partial charge on any atom is -0.464 e. The Morgan fingerprint density at radius 1 is 0.470 bits per heavy atom. The van der Waals surface area contributed by atoms with Crippen LogP contribution in [0.2, 0.25) is 0 Å². The lowest BCUT2D eigenvalue weighted by Crippen LogP contribution is -2.47. The van der Waals surface area contributed by atoms with Crippen LogP contribution in [-0.4, -0.2) is 150 Å². The number of esters is 7. The molecule has 0 aromatic heterocycles. The Morgan fingerprint density at radius 2 is 0.773 bits per heavy atom. The molecule has 4 unspecified atom stereocenters. The van der Waals surface area contributed by atoms with Crippen LogP contribution in [0.4, 0.5) is 0 Å². The number of imide groups is 1. The van der Waals surface area contributed by atoms with Crippen LogP contribution in [0.1, 0.15) is 83.1 Å². The van der Waals surface area contributed by atoms with E-state index >= 15 is 0 Å². The molecular weight excluding hydrogens is 1070 g/mol. The van der Waals surface area contributed by atoms with Gasteiger partial charge in [0, 0.05) is 0 Å². The van der Waals surface area contributed by atoms with Crippen molar-refractivity contribution < 1.29 is 85.8 Å². The Morgan fingerprint density at radius 3 is 1.09 bits per heavy atom. The van der Waals surface area contributed by atoms with E-state index in [0.717, 1.165) is 4.90 Å². The van der Waals surface area contributed by atoms with Gasteiger partial charge in [-0.25, -0.2) is 0 Å². The first kappa shape index (κ1) is 56.9. The summed E-state index contributed by atoms with van der Waals surface area (Å²) in [5.74, 6) is -7.96. The summed E-state index contributed by atoms with van der Waals surface area (Å²) in [4.78, 5) is 120. The normalized spacial score (nSPS) is 21.3. The average Bonchev–Trinajstić information content (AvgIpc) is 3.91. The predicted molar refractivity (Wildman–Crippen MR) is 242 cm³/mol. The predicted octanol–water partition coefficient (Wildman–Crippen LogP) is 4.33. The zero-order valence-corrected chi connectivity index (χ0v) is 44.2. The van der Waals surface area contributed by atoms with Crippen molar-refractivity contribution in [2.45, 2.75) is 108 Å². The number of alkyl halides is 3. The number of fused-ring (bicyclic) bond motifs is 5. The van der Waals surface area contributed by atoms with Crippen LogP contribution < -0.4 is 0 Å². The van der Waals surface area contributed by atoms with E-state index in [1.807, 2.05) is 0 Å². The summed E-state index contributed by atoms with van der Waals surface area (Å²) in [6.07, 6.45) is 2.66. The first-order valence-electron chi connectivity index (χ1n) is 21.1. The van der Waals surface area contributed by atoms with E-state index in [4.69, 9.17) is 42.6 Å². The highest BCUT2D eigenvalue weighted by Crippen LogP contribution is 2.45. The van der Waals surface area contributed by atoms with Gasteiger partial charge in [-0.1, -0.05) is 59.9 Å². The molecule has 2 amide bonds. The molecule has 3 rings (SSSR count). The summed E-state index contributed by atoms with van der Waals surface area (Å²) >= 11 is 9.61. The lowest BCUT2D eigenvalue weighted by atomic mass is 9.85. The summed E-state index contributed by atoms with van der Waals surface area (Å²) in [5.41, 5.74) is -6.60. The summed E-state index contributed by atoms with van der Waals surface area (Å²) in [6.45, 7) is 13.1. The maximum absolute atomic E-state index is 13.9. The quantitative estimate of drug-likeness (QED) is 0.0326. The van der Waals surface area contributed by atoms with Gasteiger partial charge in [0.15, 0.2) is 0 Å². The van der Waals surface area contributed by atoms with Crippen molar-refractivity contribution in [2.75, 3.05) is 66.0 Å². The number of ether oxygens (including phenoxy) is 9. The number of carbonyl (C=O) groups excluding carboxylic acids is 9. The summed E-state index contributed by atoms with van der Waals surface area (Å²) < 4.78 is 46.3. The SMILES string of the molecule is CC(C)(C)C(=O)OCC(C)(COC(=O)C(C)(C)Br)C(=O)OCC(C)(COC(=O)C(C)(COC(=O)C(C)(C)Br)COC(=O)C(C)(C)Br)C(=O)OCCOCCN1C(=O)[C@@H]2C3C=CC(O3)[C@@H]2C1=O. The third-order valence-corrected chi connectivity index (χ3v) is 11.6. The second kappa shape index (κ2) is 21.9. The Labute approximate surface area is 410 Å². The molecule has 6 atom stereocenters. The first-order valence-corrected chi connectivity index (χ1v) is 23.5. The van der Waals surface area contributed by atoms with E-state index in [2.05, 4.69) is 47.8 Å². The van der Waals surface area contributed by atoms with E-state index in [0.29, 0.717) is 0 Å². The molecule has 2 saturated heterocycles. The number of amides is 2. The highest BCUT2D eigenvalue weighted by atomic mass is 79.9. The molecule has 0 aromatic carbocycles. The van der Waals surface area contributed by atoms with Crippen molar-refractivity contribution in [3.05, 3.63) is 12.2 Å². The molecule has 19 nitrogen and oxygen atoms in total. The van der Waals surface area contributed by atoms with Gasteiger partial charge < -0.3 is 42.6 Å². The Kier molecular flexibility index (Phi) is 18.8. The van der Waals surface area contributed by atoms with Crippen LogP contribution in [0.3, 0.4) is 0 Å². The lowest BCUT2D eigenvalue weighted by Gasteiger charge is -2.33. The smallest absolute Gasteiger partial charge is 0.322 e. The van der Waals surface area contributed by atoms with Gasteiger partial charge in [-0.15, -0.1) is 0 Å². The van der Waals surface area contributed by atoms with Crippen molar-refractivity contribution in [3.63, 3.8) is 0 Å². The van der Waals surface area contributed by atoms with E-state index < -0.39 is 140 Å². The van der Waals surface area contributed by atoms with Crippen LogP contribution in [0.15, 0.2) is 12.2 Å². The van der Waals surface area contributed by atoms with E-state index in [1.165, 1.54) is 62.3 Å². The molecule has 2 bridgehead atoms. The molecule has 0 spiro atoms. The number of rotatable bonds is 24. The molecule has 66 heavy (non-hydrogen) atoms. The van der Waals surface area contributed by atoms with Gasteiger partial charge in [0.1, 0.15) is 75.5 Å². The molecule has 3 heterocycles. The monoisotopic (exact) mass is 1130 g/mol. The third kappa shape index (κ3) is 14.8. The largest absolute Gasteiger partial charge is 0.464 e. The van der Waals surface area contributed by atoms with Gasteiger partial charge in [0.2, 0.25) is 11.8 Å². The highest BCUT2D eigenvalue weighted by Gasteiger charge is 2.60. The van der Waals surface area contributed by atoms with Gasteiger partial charge in [-0.3, -0.25) is 48.1 Å². The Balaban J connectivity index is 1.81. The number of carbonyl (C=O) groups is 9. The van der Waals surface area contributed by atoms with Gasteiger partial charge >= 0.3 is 41.8 Å². The molecule has 3 aliphatic rings.